The summed E-state index contributed by atoms with van der Waals surface area (Å²) in [4.78, 5) is 24.2. The first kappa shape index (κ1) is 15.4. The van der Waals surface area contributed by atoms with Crippen molar-refractivity contribution >= 4 is 23.0 Å². The Bertz CT molecular complexity index is 470. The van der Waals surface area contributed by atoms with E-state index in [9.17, 15) is 9.59 Å². The van der Waals surface area contributed by atoms with E-state index in [1.54, 1.807) is 6.07 Å². The van der Waals surface area contributed by atoms with Crippen LogP contribution in [0.3, 0.4) is 0 Å². The number of carbonyl (C=O) groups is 2. The maximum atomic E-state index is 11.8. The third kappa shape index (κ3) is 4.18. The van der Waals surface area contributed by atoms with E-state index in [1.165, 1.54) is 11.3 Å². The van der Waals surface area contributed by atoms with Gasteiger partial charge in [-0.3, -0.25) is 9.59 Å². The third-order valence-corrected chi connectivity index (χ3v) is 4.09. The van der Waals surface area contributed by atoms with Crippen LogP contribution in [0.15, 0.2) is 17.5 Å². The number of nitrogens with one attached hydrogen (secondary N) is 1. The molecule has 19 heavy (non-hydrogen) atoms. The first-order chi connectivity index (χ1) is 9.06. The molecule has 5 heteroatoms. The van der Waals surface area contributed by atoms with Gasteiger partial charge in [-0.25, -0.2) is 0 Å². The van der Waals surface area contributed by atoms with E-state index in [4.69, 9.17) is 5.26 Å². The van der Waals surface area contributed by atoms with Crippen molar-refractivity contribution in [2.75, 3.05) is 0 Å². The smallest absolute Gasteiger partial charge is 0.221 e. The van der Waals surface area contributed by atoms with Gasteiger partial charge in [-0.05, 0) is 24.3 Å². The zero-order valence-corrected chi connectivity index (χ0v) is 12.0. The molecule has 0 saturated heterocycles. The summed E-state index contributed by atoms with van der Waals surface area (Å²) in [6.07, 6.45) is 1.43. The quantitative estimate of drug-likeness (QED) is 0.780. The van der Waals surface area contributed by atoms with E-state index in [1.807, 2.05) is 25.3 Å². The van der Waals surface area contributed by atoms with Crippen LogP contribution in [0.25, 0.3) is 0 Å². The second kappa shape index (κ2) is 7.05. The highest BCUT2D eigenvalue weighted by Gasteiger charge is 2.27. The maximum Gasteiger partial charge on any atom is 0.221 e. The minimum absolute atomic E-state index is 0.0271. The molecule has 0 fully saturated rings. The second-order valence-corrected chi connectivity index (χ2v) is 5.30. The molecule has 0 bridgehead atoms. The molecule has 4 nitrogen and oxygen atoms in total. The summed E-state index contributed by atoms with van der Waals surface area (Å²) in [6, 6.07) is 5.71. The molecule has 1 aromatic rings. The molecule has 0 aliphatic carbocycles. The van der Waals surface area contributed by atoms with Gasteiger partial charge in [0.1, 0.15) is 5.54 Å². The van der Waals surface area contributed by atoms with Crippen LogP contribution in [0.1, 0.15) is 49.2 Å². The largest absolute Gasteiger partial charge is 0.338 e. The number of Topliss-reactive ketones (excluding diaryl/α,β-unsaturated/α-hetero) is 1. The number of amides is 1. The lowest BCUT2D eigenvalue weighted by atomic mass is 9.94. The normalized spacial score (nSPS) is 10.8. The Morgan fingerprint density at radius 1 is 1.37 bits per heavy atom. The number of nitrogens with zero attached hydrogens (tertiary/aromatic N) is 1. The molecule has 0 aliphatic heterocycles. The maximum absolute atomic E-state index is 11.8. The van der Waals surface area contributed by atoms with Gasteiger partial charge < -0.3 is 5.32 Å². The predicted octanol–water partition coefficient (Wildman–Crippen LogP) is 2.91. The fourth-order valence-electron chi connectivity index (χ4n) is 1.73. The van der Waals surface area contributed by atoms with Gasteiger partial charge in [0.05, 0.1) is 10.9 Å². The van der Waals surface area contributed by atoms with Gasteiger partial charge in [-0.15, -0.1) is 11.3 Å². The molecule has 0 atom stereocenters. The molecule has 0 aliphatic rings. The van der Waals surface area contributed by atoms with Crippen LogP contribution in [-0.2, 0) is 4.79 Å². The van der Waals surface area contributed by atoms with Crippen molar-refractivity contribution in [2.24, 2.45) is 0 Å². The molecule has 0 spiro atoms. The predicted molar refractivity (Wildman–Crippen MR) is 75.0 cm³/mol. The summed E-state index contributed by atoms with van der Waals surface area (Å²) in [5.74, 6) is -0.268. The van der Waals surface area contributed by atoms with Crippen LogP contribution in [0, 0.1) is 11.3 Å². The van der Waals surface area contributed by atoms with Crippen molar-refractivity contribution in [1.29, 1.82) is 5.26 Å². The molecule has 1 aromatic heterocycles. The van der Waals surface area contributed by atoms with E-state index >= 15 is 0 Å². The molecule has 0 saturated carbocycles. The second-order valence-electron chi connectivity index (χ2n) is 4.35. The molecule has 1 N–H and O–H groups in total. The summed E-state index contributed by atoms with van der Waals surface area (Å²) in [7, 11) is 0. The van der Waals surface area contributed by atoms with Gasteiger partial charge in [-0.1, -0.05) is 19.9 Å². The van der Waals surface area contributed by atoms with E-state index in [0.717, 1.165) is 0 Å². The zero-order valence-electron chi connectivity index (χ0n) is 11.2. The fraction of sp³-hybridized carbons (Fsp3) is 0.500. The lowest BCUT2D eigenvalue weighted by Gasteiger charge is -2.24. The number of nitriles is 1. The zero-order chi connectivity index (χ0) is 14.3. The first-order valence-corrected chi connectivity index (χ1v) is 7.24. The highest BCUT2D eigenvalue weighted by atomic mass is 32.1. The molecule has 1 amide bonds. The number of hydrogen-bond donors (Lipinski definition) is 1. The molecular formula is C14H18N2O2S. The first-order valence-electron chi connectivity index (χ1n) is 6.36. The van der Waals surface area contributed by atoms with Crippen molar-refractivity contribution in [1.82, 2.24) is 5.32 Å². The number of ketones is 1. The van der Waals surface area contributed by atoms with E-state index < -0.39 is 5.54 Å². The van der Waals surface area contributed by atoms with Gasteiger partial charge in [-0.2, -0.15) is 5.26 Å². The molecule has 0 unspecified atom stereocenters. The van der Waals surface area contributed by atoms with Gasteiger partial charge >= 0.3 is 0 Å². The Kier molecular flexibility index (Phi) is 5.71. The summed E-state index contributed by atoms with van der Waals surface area (Å²) >= 11 is 1.38. The fourth-order valence-corrected chi connectivity index (χ4v) is 2.42. The molecule has 102 valence electrons. The topological polar surface area (TPSA) is 70.0 Å². The standard InChI is InChI=1S/C14H18N2O2S/c1-3-14(4-2,10-15)16-13(18)8-7-11(17)12-6-5-9-19-12/h5-6,9H,3-4,7-8H2,1-2H3,(H,16,18). The Morgan fingerprint density at radius 3 is 2.53 bits per heavy atom. The molecule has 0 radical (unpaired) electrons. The summed E-state index contributed by atoms with van der Waals surface area (Å²) in [5, 5.41) is 13.7. The van der Waals surface area contributed by atoms with Crippen LogP contribution < -0.4 is 5.32 Å². The minimum atomic E-state index is -0.803. The Labute approximate surface area is 117 Å². The number of rotatable bonds is 7. The van der Waals surface area contributed by atoms with Crippen molar-refractivity contribution in [3.05, 3.63) is 22.4 Å². The SMILES string of the molecule is CCC(C#N)(CC)NC(=O)CCC(=O)c1cccs1. The highest BCUT2D eigenvalue weighted by Crippen LogP contribution is 2.15. The van der Waals surface area contributed by atoms with E-state index in [2.05, 4.69) is 11.4 Å². The van der Waals surface area contributed by atoms with Crippen molar-refractivity contribution in [2.45, 2.75) is 45.1 Å². The lowest BCUT2D eigenvalue weighted by molar-refractivity contribution is -0.122. The van der Waals surface area contributed by atoms with Crippen LogP contribution in [0.5, 0.6) is 0 Å². The van der Waals surface area contributed by atoms with Gasteiger partial charge in [0.2, 0.25) is 5.91 Å². The van der Waals surface area contributed by atoms with Crippen LogP contribution >= 0.6 is 11.3 Å². The minimum Gasteiger partial charge on any atom is -0.338 e. The number of carbonyl (C=O) groups excluding carboxylic acids is 2. The van der Waals surface area contributed by atoms with Crippen molar-refractivity contribution < 1.29 is 9.59 Å². The average molecular weight is 278 g/mol. The van der Waals surface area contributed by atoms with Gasteiger partial charge in [0.25, 0.3) is 0 Å². The summed E-state index contributed by atoms with van der Waals surface area (Å²) in [6.45, 7) is 3.73. The summed E-state index contributed by atoms with van der Waals surface area (Å²) in [5.41, 5.74) is -0.803. The van der Waals surface area contributed by atoms with Crippen LogP contribution in [-0.4, -0.2) is 17.2 Å². The van der Waals surface area contributed by atoms with Crippen molar-refractivity contribution in [3.8, 4) is 6.07 Å². The monoisotopic (exact) mass is 278 g/mol. The third-order valence-electron chi connectivity index (χ3n) is 3.17. The Morgan fingerprint density at radius 2 is 2.05 bits per heavy atom. The number of hydrogen-bond acceptors (Lipinski definition) is 4. The van der Waals surface area contributed by atoms with Gasteiger partial charge in [0, 0.05) is 12.8 Å². The van der Waals surface area contributed by atoms with E-state index in [-0.39, 0.29) is 24.5 Å². The highest BCUT2D eigenvalue weighted by molar-refractivity contribution is 7.12. The lowest BCUT2D eigenvalue weighted by Crippen LogP contribution is -2.46. The molecular weight excluding hydrogens is 260 g/mol. The Balaban J connectivity index is 2.48. The number of thiophene rings is 1. The Hall–Kier alpha value is -1.67. The molecule has 1 heterocycles. The van der Waals surface area contributed by atoms with Gasteiger partial charge in [0.15, 0.2) is 5.78 Å². The van der Waals surface area contributed by atoms with Crippen molar-refractivity contribution in [3.63, 3.8) is 0 Å². The molecule has 0 aromatic carbocycles. The summed E-state index contributed by atoms with van der Waals surface area (Å²) < 4.78 is 0. The van der Waals surface area contributed by atoms with Crippen LogP contribution in [0.4, 0.5) is 0 Å². The average Bonchev–Trinajstić information content (AvgIpc) is 2.96. The van der Waals surface area contributed by atoms with E-state index in [0.29, 0.717) is 17.7 Å². The molecule has 1 rings (SSSR count). The van der Waals surface area contributed by atoms with Crippen LogP contribution in [0.2, 0.25) is 0 Å².